The summed E-state index contributed by atoms with van der Waals surface area (Å²) in [4.78, 5) is 0. The predicted octanol–water partition coefficient (Wildman–Crippen LogP) is 1.49. The molecule has 0 bridgehead atoms. The van der Waals surface area contributed by atoms with E-state index in [0.717, 1.165) is 0 Å². The minimum absolute atomic E-state index is 0.266. The molecule has 4 N–H and O–H groups in total. The van der Waals surface area contributed by atoms with Gasteiger partial charge in [-0.05, 0) is 31.5 Å². The molecule has 0 aromatic heterocycles. The fourth-order valence-corrected chi connectivity index (χ4v) is 1.37. The van der Waals surface area contributed by atoms with E-state index in [-0.39, 0.29) is 18.4 Å². The number of hydrogen-bond donors (Lipinski definition) is 2. The van der Waals surface area contributed by atoms with Crippen molar-refractivity contribution in [1.29, 1.82) is 0 Å². The maximum Gasteiger partial charge on any atom is 0.126 e. The molecule has 0 aliphatic heterocycles. The lowest BCUT2D eigenvalue weighted by Crippen LogP contribution is -2.21. The number of benzene rings is 1. The predicted molar refractivity (Wildman–Crippen MR) is 58.3 cm³/mol. The van der Waals surface area contributed by atoms with Crippen LogP contribution in [-0.2, 0) is 0 Å². The molecule has 1 unspecified atom stereocenters. The first-order valence-electron chi connectivity index (χ1n) is 4.98. The van der Waals surface area contributed by atoms with Crippen LogP contribution >= 0.6 is 0 Å². The van der Waals surface area contributed by atoms with E-state index in [1.807, 2.05) is 6.92 Å². The first-order chi connectivity index (χ1) is 7.10. The van der Waals surface area contributed by atoms with Gasteiger partial charge in [0.15, 0.2) is 0 Å². The Morgan fingerprint density at radius 1 is 1.47 bits per heavy atom. The molecule has 0 aliphatic rings. The summed E-state index contributed by atoms with van der Waals surface area (Å²) in [6.07, 6.45) is 0. The molecule has 0 saturated heterocycles. The zero-order valence-corrected chi connectivity index (χ0v) is 9.09. The lowest BCUT2D eigenvalue weighted by Gasteiger charge is -2.16. The van der Waals surface area contributed by atoms with Crippen LogP contribution in [0, 0.1) is 12.7 Å². The van der Waals surface area contributed by atoms with Crippen LogP contribution in [0.5, 0.6) is 5.75 Å². The monoisotopic (exact) mass is 212 g/mol. The van der Waals surface area contributed by atoms with E-state index in [9.17, 15) is 4.39 Å². The van der Waals surface area contributed by atoms with Crippen molar-refractivity contribution in [2.45, 2.75) is 19.9 Å². The number of aryl methyl sites for hydroxylation is 1. The molecule has 0 saturated carbocycles. The van der Waals surface area contributed by atoms with Gasteiger partial charge >= 0.3 is 0 Å². The van der Waals surface area contributed by atoms with Gasteiger partial charge in [0.1, 0.15) is 11.6 Å². The van der Waals surface area contributed by atoms with Gasteiger partial charge in [0.05, 0.1) is 6.61 Å². The molecule has 0 aliphatic carbocycles. The van der Waals surface area contributed by atoms with E-state index in [2.05, 4.69) is 0 Å². The van der Waals surface area contributed by atoms with Crippen molar-refractivity contribution in [2.24, 2.45) is 11.5 Å². The Labute approximate surface area is 89.2 Å². The summed E-state index contributed by atoms with van der Waals surface area (Å²) in [6.45, 7) is 4.35. The van der Waals surface area contributed by atoms with Crippen molar-refractivity contribution >= 4 is 0 Å². The first-order valence-corrected chi connectivity index (χ1v) is 4.98. The molecular weight excluding hydrogens is 195 g/mol. The zero-order valence-electron chi connectivity index (χ0n) is 9.09. The van der Waals surface area contributed by atoms with Crippen molar-refractivity contribution < 1.29 is 9.13 Å². The minimum Gasteiger partial charge on any atom is -0.494 e. The van der Waals surface area contributed by atoms with Crippen LogP contribution in [0.3, 0.4) is 0 Å². The van der Waals surface area contributed by atoms with Gasteiger partial charge in [-0.3, -0.25) is 0 Å². The van der Waals surface area contributed by atoms with Gasteiger partial charge in [0.2, 0.25) is 0 Å². The van der Waals surface area contributed by atoms with Crippen molar-refractivity contribution in [2.75, 3.05) is 13.2 Å². The second-order valence-corrected chi connectivity index (χ2v) is 3.41. The van der Waals surface area contributed by atoms with E-state index in [1.54, 1.807) is 13.0 Å². The highest BCUT2D eigenvalue weighted by molar-refractivity contribution is 5.40. The highest BCUT2D eigenvalue weighted by Gasteiger charge is 2.13. The molecule has 0 radical (unpaired) electrons. The summed E-state index contributed by atoms with van der Waals surface area (Å²) in [5.41, 5.74) is 12.4. The molecule has 4 heteroatoms. The Hall–Kier alpha value is -1.13. The summed E-state index contributed by atoms with van der Waals surface area (Å²) in [7, 11) is 0. The summed E-state index contributed by atoms with van der Waals surface area (Å²) >= 11 is 0. The third-order valence-corrected chi connectivity index (χ3v) is 2.24. The molecule has 1 rings (SSSR count). The fraction of sp³-hybridized carbons (Fsp3) is 0.455. The van der Waals surface area contributed by atoms with Gasteiger partial charge in [0, 0.05) is 18.2 Å². The Morgan fingerprint density at radius 2 is 2.13 bits per heavy atom. The fourth-order valence-electron chi connectivity index (χ4n) is 1.37. The quantitative estimate of drug-likeness (QED) is 0.795. The number of rotatable bonds is 4. The van der Waals surface area contributed by atoms with Crippen molar-refractivity contribution in [3.05, 3.63) is 29.1 Å². The average molecular weight is 212 g/mol. The Bertz CT molecular complexity index is 342. The third-order valence-electron chi connectivity index (χ3n) is 2.24. The molecule has 0 fully saturated rings. The Balaban J connectivity index is 3.15. The number of nitrogens with two attached hydrogens (primary N) is 2. The standard InChI is InChI=1S/C11H17FN2O/c1-3-15-11-4-7(2)9(12)5-8(11)10(14)6-13/h4-5,10H,3,6,13-14H2,1-2H3. The maximum atomic E-state index is 13.3. The normalized spacial score (nSPS) is 12.6. The molecule has 15 heavy (non-hydrogen) atoms. The van der Waals surface area contributed by atoms with Gasteiger partial charge in [-0.1, -0.05) is 0 Å². The number of hydrogen-bond acceptors (Lipinski definition) is 3. The van der Waals surface area contributed by atoms with E-state index in [4.69, 9.17) is 16.2 Å². The number of ether oxygens (including phenoxy) is 1. The highest BCUT2D eigenvalue weighted by Crippen LogP contribution is 2.26. The molecule has 0 amide bonds. The summed E-state index contributed by atoms with van der Waals surface area (Å²) < 4.78 is 18.7. The van der Waals surface area contributed by atoms with Gasteiger partial charge in [-0.2, -0.15) is 0 Å². The van der Waals surface area contributed by atoms with Crippen LogP contribution in [0.25, 0.3) is 0 Å². The van der Waals surface area contributed by atoms with Crippen LogP contribution in [0.1, 0.15) is 24.1 Å². The smallest absolute Gasteiger partial charge is 0.126 e. The Kier molecular flexibility index (Phi) is 4.05. The van der Waals surface area contributed by atoms with Crippen LogP contribution in [0.4, 0.5) is 4.39 Å². The third kappa shape index (κ3) is 2.67. The molecule has 1 aromatic carbocycles. The topological polar surface area (TPSA) is 61.3 Å². The van der Waals surface area contributed by atoms with Crippen LogP contribution in [0.2, 0.25) is 0 Å². The van der Waals surface area contributed by atoms with Crippen LogP contribution in [-0.4, -0.2) is 13.2 Å². The molecule has 0 spiro atoms. The summed E-state index contributed by atoms with van der Waals surface area (Å²) in [5, 5.41) is 0. The minimum atomic E-state index is -0.387. The average Bonchev–Trinajstić information content (AvgIpc) is 2.22. The molecule has 0 heterocycles. The zero-order chi connectivity index (χ0) is 11.4. The van der Waals surface area contributed by atoms with E-state index < -0.39 is 0 Å². The van der Waals surface area contributed by atoms with Crippen molar-refractivity contribution in [3.8, 4) is 5.75 Å². The lowest BCUT2D eigenvalue weighted by molar-refractivity contribution is 0.333. The van der Waals surface area contributed by atoms with E-state index >= 15 is 0 Å². The molecule has 1 aromatic rings. The second-order valence-electron chi connectivity index (χ2n) is 3.41. The summed E-state index contributed by atoms with van der Waals surface area (Å²) in [6, 6.07) is 2.67. The van der Waals surface area contributed by atoms with E-state index in [1.165, 1.54) is 6.07 Å². The van der Waals surface area contributed by atoms with Crippen molar-refractivity contribution in [3.63, 3.8) is 0 Å². The molecule has 84 valence electrons. The van der Waals surface area contributed by atoms with E-state index in [0.29, 0.717) is 23.5 Å². The molecule has 1 atom stereocenters. The van der Waals surface area contributed by atoms with Crippen LogP contribution < -0.4 is 16.2 Å². The molecule has 3 nitrogen and oxygen atoms in total. The van der Waals surface area contributed by atoms with Gasteiger partial charge < -0.3 is 16.2 Å². The van der Waals surface area contributed by atoms with Crippen molar-refractivity contribution in [1.82, 2.24) is 0 Å². The van der Waals surface area contributed by atoms with Gasteiger partial charge in [-0.25, -0.2) is 4.39 Å². The summed E-state index contributed by atoms with van der Waals surface area (Å²) in [5.74, 6) is 0.340. The maximum absolute atomic E-state index is 13.3. The highest BCUT2D eigenvalue weighted by atomic mass is 19.1. The first kappa shape index (κ1) is 11.9. The largest absolute Gasteiger partial charge is 0.494 e. The lowest BCUT2D eigenvalue weighted by atomic mass is 10.0. The number of halogens is 1. The molecular formula is C11H17FN2O. The second kappa shape index (κ2) is 5.09. The van der Waals surface area contributed by atoms with Crippen LogP contribution in [0.15, 0.2) is 12.1 Å². The van der Waals surface area contributed by atoms with Gasteiger partial charge in [-0.15, -0.1) is 0 Å². The SMILES string of the molecule is CCOc1cc(C)c(F)cc1C(N)CN. The Morgan fingerprint density at radius 3 is 2.67 bits per heavy atom. The van der Waals surface area contributed by atoms with Gasteiger partial charge in [0.25, 0.3) is 0 Å².